The van der Waals surface area contributed by atoms with Crippen molar-refractivity contribution in [3.63, 3.8) is 0 Å². The Hall–Kier alpha value is -1.20. The van der Waals surface area contributed by atoms with Crippen molar-refractivity contribution in [3.8, 4) is 0 Å². The SMILES string of the molecule is NC1=NCC2(CCSc3ccccc32)N1CC1CCCO1. The number of hydrogen-bond acceptors (Lipinski definition) is 5. The Morgan fingerprint density at radius 3 is 3.19 bits per heavy atom. The van der Waals surface area contributed by atoms with Gasteiger partial charge in [-0.1, -0.05) is 18.2 Å². The molecule has 112 valence electrons. The summed E-state index contributed by atoms with van der Waals surface area (Å²) in [6.07, 6.45) is 3.70. The second-order valence-electron chi connectivity index (χ2n) is 6.05. The molecule has 3 aliphatic rings. The van der Waals surface area contributed by atoms with Gasteiger partial charge < -0.3 is 15.4 Å². The molecule has 4 rings (SSSR count). The minimum Gasteiger partial charge on any atom is -0.376 e. The maximum absolute atomic E-state index is 6.23. The molecule has 2 atom stereocenters. The van der Waals surface area contributed by atoms with Gasteiger partial charge in [-0.25, -0.2) is 0 Å². The van der Waals surface area contributed by atoms with Crippen LogP contribution in [0.4, 0.5) is 0 Å². The van der Waals surface area contributed by atoms with E-state index in [9.17, 15) is 0 Å². The van der Waals surface area contributed by atoms with Crippen LogP contribution in [0.1, 0.15) is 24.8 Å². The Bertz CT molecular complexity index is 570. The zero-order chi connectivity index (χ0) is 14.3. The first-order valence-corrected chi connectivity index (χ1v) is 8.70. The van der Waals surface area contributed by atoms with Gasteiger partial charge in [0.25, 0.3) is 0 Å². The predicted octanol–water partition coefficient (Wildman–Crippen LogP) is 2.19. The average molecular weight is 303 g/mol. The van der Waals surface area contributed by atoms with E-state index in [1.807, 2.05) is 11.8 Å². The van der Waals surface area contributed by atoms with Crippen LogP contribution in [0.3, 0.4) is 0 Å². The van der Waals surface area contributed by atoms with Gasteiger partial charge in [-0.05, 0) is 30.9 Å². The molecule has 1 aromatic rings. The summed E-state index contributed by atoms with van der Waals surface area (Å²) in [4.78, 5) is 8.29. The monoisotopic (exact) mass is 303 g/mol. The Morgan fingerprint density at radius 2 is 2.33 bits per heavy atom. The molecule has 3 aliphatic heterocycles. The quantitative estimate of drug-likeness (QED) is 0.910. The van der Waals surface area contributed by atoms with Crippen LogP contribution in [0.25, 0.3) is 0 Å². The van der Waals surface area contributed by atoms with Crippen LogP contribution in [-0.4, -0.2) is 42.4 Å². The van der Waals surface area contributed by atoms with Gasteiger partial charge in [0, 0.05) is 23.8 Å². The third-order valence-corrected chi connectivity index (χ3v) is 5.94. The van der Waals surface area contributed by atoms with Gasteiger partial charge in [0.05, 0.1) is 18.2 Å². The van der Waals surface area contributed by atoms with Crippen molar-refractivity contribution < 1.29 is 4.74 Å². The highest BCUT2D eigenvalue weighted by molar-refractivity contribution is 7.99. The number of nitrogens with zero attached hydrogens (tertiary/aromatic N) is 2. The van der Waals surface area contributed by atoms with E-state index >= 15 is 0 Å². The van der Waals surface area contributed by atoms with Gasteiger partial charge in [0.1, 0.15) is 0 Å². The van der Waals surface area contributed by atoms with Crippen LogP contribution in [0.2, 0.25) is 0 Å². The second-order valence-corrected chi connectivity index (χ2v) is 7.18. The summed E-state index contributed by atoms with van der Waals surface area (Å²) in [6, 6.07) is 8.72. The number of guanidine groups is 1. The summed E-state index contributed by atoms with van der Waals surface area (Å²) in [5.41, 5.74) is 7.58. The second kappa shape index (κ2) is 5.21. The van der Waals surface area contributed by atoms with Crippen LogP contribution >= 0.6 is 11.8 Å². The summed E-state index contributed by atoms with van der Waals surface area (Å²) in [6.45, 7) is 2.53. The zero-order valence-electron chi connectivity index (χ0n) is 12.1. The molecule has 2 N–H and O–H groups in total. The highest BCUT2D eigenvalue weighted by atomic mass is 32.2. The minimum absolute atomic E-state index is 0.0438. The topological polar surface area (TPSA) is 50.8 Å². The van der Waals surface area contributed by atoms with Crippen molar-refractivity contribution in [2.45, 2.75) is 35.8 Å². The van der Waals surface area contributed by atoms with E-state index in [-0.39, 0.29) is 5.54 Å². The highest BCUT2D eigenvalue weighted by Crippen LogP contribution is 2.46. The molecule has 0 saturated carbocycles. The Kier molecular flexibility index (Phi) is 3.34. The van der Waals surface area contributed by atoms with E-state index in [2.05, 4.69) is 34.2 Å². The number of benzene rings is 1. The molecule has 1 aromatic carbocycles. The Labute approximate surface area is 129 Å². The number of fused-ring (bicyclic) bond motifs is 2. The van der Waals surface area contributed by atoms with Crippen molar-refractivity contribution in [1.29, 1.82) is 0 Å². The van der Waals surface area contributed by atoms with Gasteiger partial charge in [0.15, 0.2) is 5.96 Å². The number of aliphatic imine (C=N–C) groups is 1. The Morgan fingerprint density at radius 1 is 1.43 bits per heavy atom. The fourth-order valence-corrected chi connectivity index (χ4v) is 5.00. The van der Waals surface area contributed by atoms with Crippen molar-refractivity contribution in [2.75, 3.05) is 25.4 Å². The fourth-order valence-electron chi connectivity index (χ4n) is 3.75. The maximum Gasteiger partial charge on any atom is 0.192 e. The van der Waals surface area contributed by atoms with Crippen LogP contribution < -0.4 is 5.73 Å². The lowest BCUT2D eigenvalue weighted by Gasteiger charge is -2.44. The molecule has 21 heavy (non-hydrogen) atoms. The van der Waals surface area contributed by atoms with E-state index in [0.717, 1.165) is 44.7 Å². The van der Waals surface area contributed by atoms with Gasteiger partial charge in [-0.15, -0.1) is 11.8 Å². The molecule has 0 amide bonds. The van der Waals surface area contributed by atoms with Gasteiger partial charge in [-0.3, -0.25) is 4.99 Å². The van der Waals surface area contributed by atoms with Crippen molar-refractivity contribution in [1.82, 2.24) is 4.90 Å². The summed E-state index contributed by atoms with van der Waals surface area (Å²) < 4.78 is 5.83. The zero-order valence-corrected chi connectivity index (χ0v) is 12.9. The van der Waals surface area contributed by atoms with Crippen LogP contribution in [0.15, 0.2) is 34.2 Å². The molecule has 2 unspecified atom stereocenters. The lowest BCUT2D eigenvalue weighted by atomic mass is 9.85. The van der Waals surface area contributed by atoms with Gasteiger partial charge in [-0.2, -0.15) is 0 Å². The maximum atomic E-state index is 6.23. The lowest BCUT2D eigenvalue weighted by molar-refractivity contribution is 0.0624. The number of hydrogen-bond donors (Lipinski definition) is 1. The van der Waals surface area contributed by atoms with E-state index < -0.39 is 0 Å². The van der Waals surface area contributed by atoms with E-state index in [1.54, 1.807) is 0 Å². The summed E-state index contributed by atoms with van der Waals surface area (Å²) in [7, 11) is 0. The molecule has 0 aliphatic carbocycles. The lowest BCUT2D eigenvalue weighted by Crippen LogP contribution is -2.53. The minimum atomic E-state index is -0.0438. The predicted molar refractivity (Wildman–Crippen MR) is 85.6 cm³/mol. The molecule has 1 spiro atoms. The van der Waals surface area contributed by atoms with Crippen LogP contribution in [0, 0.1) is 0 Å². The molecule has 1 saturated heterocycles. The molecule has 0 aromatic heterocycles. The number of nitrogens with two attached hydrogens (primary N) is 1. The van der Waals surface area contributed by atoms with E-state index in [4.69, 9.17) is 10.5 Å². The molecule has 1 fully saturated rings. The number of thioether (sulfide) groups is 1. The fraction of sp³-hybridized carbons (Fsp3) is 0.562. The van der Waals surface area contributed by atoms with Crippen LogP contribution in [-0.2, 0) is 10.3 Å². The third-order valence-electron chi connectivity index (χ3n) is 4.87. The first-order valence-electron chi connectivity index (χ1n) is 7.71. The average Bonchev–Trinajstić information content (AvgIpc) is 3.13. The van der Waals surface area contributed by atoms with Gasteiger partial charge >= 0.3 is 0 Å². The molecule has 5 heteroatoms. The van der Waals surface area contributed by atoms with E-state index in [0.29, 0.717) is 12.1 Å². The molecule has 0 bridgehead atoms. The van der Waals surface area contributed by atoms with E-state index in [1.165, 1.54) is 10.5 Å². The normalized spacial score (nSPS) is 31.5. The first-order chi connectivity index (χ1) is 10.3. The first kappa shape index (κ1) is 13.5. The summed E-state index contributed by atoms with van der Waals surface area (Å²) >= 11 is 1.95. The van der Waals surface area contributed by atoms with Crippen LogP contribution in [0.5, 0.6) is 0 Å². The van der Waals surface area contributed by atoms with Crippen molar-refractivity contribution in [2.24, 2.45) is 10.7 Å². The standard InChI is InChI=1S/C16H21N3OS/c17-15-18-11-16(19(15)10-12-4-3-8-20-12)7-9-21-14-6-2-1-5-13(14)16/h1-2,5-6,12H,3-4,7-11H2,(H2,17,18). The third kappa shape index (κ3) is 2.14. The van der Waals surface area contributed by atoms with Gasteiger partial charge in [0.2, 0.25) is 0 Å². The highest BCUT2D eigenvalue weighted by Gasteiger charge is 2.47. The summed E-state index contributed by atoms with van der Waals surface area (Å²) in [5, 5.41) is 0. The Balaban J connectivity index is 1.69. The molecular formula is C16H21N3OS. The largest absolute Gasteiger partial charge is 0.376 e. The molecule has 0 radical (unpaired) electrons. The molecule has 3 heterocycles. The smallest absolute Gasteiger partial charge is 0.192 e. The number of rotatable bonds is 2. The molecular weight excluding hydrogens is 282 g/mol. The summed E-state index contributed by atoms with van der Waals surface area (Å²) in [5.74, 6) is 1.81. The number of ether oxygens (including phenoxy) is 1. The van der Waals surface area contributed by atoms with Crippen molar-refractivity contribution in [3.05, 3.63) is 29.8 Å². The van der Waals surface area contributed by atoms with Crippen molar-refractivity contribution >= 4 is 17.7 Å². The molecule has 4 nitrogen and oxygen atoms in total.